The van der Waals surface area contributed by atoms with Crippen LogP contribution in [0.15, 0.2) is 23.1 Å². The molecule has 1 aliphatic rings. The zero-order valence-corrected chi connectivity index (χ0v) is 8.78. The maximum absolute atomic E-state index is 11.5. The molecule has 4 heteroatoms. The zero-order chi connectivity index (χ0) is 10.7. The van der Waals surface area contributed by atoms with Crippen LogP contribution in [0.2, 0.25) is 0 Å². The molecule has 1 aliphatic heterocycles. The first-order valence-electron chi connectivity index (χ1n) is 5.42. The average Bonchev–Trinajstić information content (AvgIpc) is 2.25. The Balaban J connectivity index is 2.09. The molecule has 0 spiro atoms. The van der Waals surface area contributed by atoms with Gasteiger partial charge < -0.3 is 15.6 Å². The lowest BCUT2D eigenvalue weighted by atomic mass is 9.98. The summed E-state index contributed by atoms with van der Waals surface area (Å²) in [4.78, 5) is 11.5. The summed E-state index contributed by atoms with van der Waals surface area (Å²) >= 11 is 0. The summed E-state index contributed by atoms with van der Waals surface area (Å²) in [5, 5.41) is 3.31. The number of piperidine rings is 1. The molecule has 0 saturated carbocycles. The van der Waals surface area contributed by atoms with Crippen molar-refractivity contribution in [3.8, 4) is 0 Å². The molecular weight excluding hydrogens is 190 g/mol. The van der Waals surface area contributed by atoms with Gasteiger partial charge in [-0.05, 0) is 37.9 Å². The monoisotopic (exact) mass is 207 g/mol. The smallest absolute Gasteiger partial charge is 0.250 e. The molecule has 1 aromatic heterocycles. The highest BCUT2D eigenvalue weighted by Gasteiger charge is 2.13. The second kappa shape index (κ2) is 4.49. The molecule has 2 heterocycles. The van der Waals surface area contributed by atoms with Gasteiger partial charge in [0.25, 0.3) is 5.56 Å². The van der Waals surface area contributed by atoms with Gasteiger partial charge in [0.15, 0.2) is 0 Å². The number of nitrogens with zero attached hydrogens (tertiary/aromatic N) is 1. The Hall–Kier alpha value is -1.29. The lowest BCUT2D eigenvalue weighted by molar-refractivity contribution is 0.330. The van der Waals surface area contributed by atoms with E-state index in [1.54, 1.807) is 16.8 Å². The van der Waals surface area contributed by atoms with E-state index < -0.39 is 0 Å². The summed E-state index contributed by atoms with van der Waals surface area (Å²) in [6, 6.07) is 3.19. The van der Waals surface area contributed by atoms with Crippen LogP contribution in [-0.4, -0.2) is 17.7 Å². The molecule has 2 rings (SSSR count). The van der Waals surface area contributed by atoms with Crippen molar-refractivity contribution < 1.29 is 0 Å². The van der Waals surface area contributed by atoms with Crippen LogP contribution in [0.4, 0.5) is 5.69 Å². The van der Waals surface area contributed by atoms with Crippen LogP contribution < -0.4 is 16.6 Å². The topological polar surface area (TPSA) is 60.1 Å². The molecule has 0 aliphatic carbocycles. The second-order valence-corrected chi connectivity index (χ2v) is 4.15. The van der Waals surface area contributed by atoms with Gasteiger partial charge in [0.05, 0.1) is 0 Å². The van der Waals surface area contributed by atoms with Crippen LogP contribution in [0.3, 0.4) is 0 Å². The van der Waals surface area contributed by atoms with Crippen molar-refractivity contribution in [2.45, 2.75) is 19.4 Å². The number of nitrogens with one attached hydrogen (secondary N) is 1. The normalized spacial score (nSPS) is 17.9. The minimum absolute atomic E-state index is 0.0442. The molecule has 82 valence electrons. The average molecular weight is 207 g/mol. The van der Waals surface area contributed by atoms with Crippen molar-refractivity contribution in [3.05, 3.63) is 28.7 Å². The van der Waals surface area contributed by atoms with Crippen molar-refractivity contribution in [1.82, 2.24) is 9.88 Å². The third-order valence-corrected chi connectivity index (χ3v) is 2.92. The number of aromatic nitrogens is 1. The number of anilines is 1. The van der Waals surface area contributed by atoms with E-state index >= 15 is 0 Å². The van der Waals surface area contributed by atoms with Crippen molar-refractivity contribution >= 4 is 5.69 Å². The maximum atomic E-state index is 11.5. The van der Waals surface area contributed by atoms with Gasteiger partial charge in [0.1, 0.15) is 0 Å². The maximum Gasteiger partial charge on any atom is 0.250 e. The SMILES string of the molecule is Nc1ccc(=O)n(CC2CCNCC2)c1. The molecule has 4 nitrogen and oxygen atoms in total. The predicted molar refractivity (Wildman–Crippen MR) is 60.7 cm³/mol. The Morgan fingerprint density at radius 2 is 2.13 bits per heavy atom. The quantitative estimate of drug-likeness (QED) is 0.739. The molecule has 0 unspecified atom stereocenters. The second-order valence-electron chi connectivity index (χ2n) is 4.15. The van der Waals surface area contributed by atoms with Gasteiger partial charge in [0, 0.05) is 24.5 Å². The van der Waals surface area contributed by atoms with Crippen LogP contribution in [0.5, 0.6) is 0 Å². The van der Waals surface area contributed by atoms with E-state index in [0.717, 1.165) is 32.5 Å². The molecule has 0 bridgehead atoms. The highest BCUT2D eigenvalue weighted by molar-refractivity contribution is 5.33. The summed E-state index contributed by atoms with van der Waals surface area (Å²) in [5.74, 6) is 0.603. The molecule has 0 atom stereocenters. The number of rotatable bonds is 2. The predicted octanol–water partition coefficient (Wildman–Crippen LogP) is 0.430. The minimum Gasteiger partial charge on any atom is -0.398 e. The fourth-order valence-electron chi connectivity index (χ4n) is 2.03. The van der Waals surface area contributed by atoms with Gasteiger partial charge in [0.2, 0.25) is 0 Å². The molecule has 15 heavy (non-hydrogen) atoms. The first-order valence-corrected chi connectivity index (χ1v) is 5.42. The number of pyridine rings is 1. The van der Waals surface area contributed by atoms with Crippen LogP contribution >= 0.6 is 0 Å². The largest absolute Gasteiger partial charge is 0.398 e. The minimum atomic E-state index is 0.0442. The van der Waals surface area contributed by atoms with E-state index in [4.69, 9.17) is 5.73 Å². The van der Waals surface area contributed by atoms with E-state index in [0.29, 0.717) is 11.6 Å². The van der Waals surface area contributed by atoms with Gasteiger partial charge in [-0.1, -0.05) is 0 Å². The fraction of sp³-hybridized carbons (Fsp3) is 0.545. The van der Waals surface area contributed by atoms with Crippen molar-refractivity contribution in [2.24, 2.45) is 5.92 Å². The third kappa shape index (κ3) is 2.59. The molecule has 0 radical (unpaired) electrons. The molecular formula is C11H17N3O. The molecule has 0 aromatic carbocycles. The van der Waals surface area contributed by atoms with Gasteiger partial charge in [-0.3, -0.25) is 4.79 Å². The highest BCUT2D eigenvalue weighted by atomic mass is 16.1. The van der Waals surface area contributed by atoms with Crippen molar-refractivity contribution in [2.75, 3.05) is 18.8 Å². The van der Waals surface area contributed by atoms with Gasteiger partial charge in [-0.25, -0.2) is 0 Å². The molecule has 1 saturated heterocycles. The van der Waals surface area contributed by atoms with Gasteiger partial charge >= 0.3 is 0 Å². The molecule has 1 aromatic rings. The Morgan fingerprint density at radius 1 is 1.40 bits per heavy atom. The van der Waals surface area contributed by atoms with Crippen molar-refractivity contribution in [1.29, 1.82) is 0 Å². The standard InChI is InChI=1S/C11H17N3O/c12-10-1-2-11(15)14(8-10)7-9-3-5-13-6-4-9/h1-2,8-9,13H,3-7,12H2. The van der Waals surface area contributed by atoms with Crippen LogP contribution in [0, 0.1) is 5.92 Å². The number of hydrogen-bond donors (Lipinski definition) is 2. The first-order chi connectivity index (χ1) is 7.25. The Bertz CT molecular complexity index is 380. The lowest BCUT2D eigenvalue weighted by Crippen LogP contribution is -2.32. The fourth-order valence-corrected chi connectivity index (χ4v) is 2.03. The third-order valence-electron chi connectivity index (χ3n) is 2.92. The van der Waals surface area contributed by atoms with Crippen molar-refractivity contribution in [3.63, 3.8) is 0 Å². The van der Waals surface area contributed by atoms with Crippen LogP contribution in [0.25, 0.3) is 0 Å². The summed E-state index contributed by atoms with van der Waals surface area (Å²) in [6.45, 7) is 2.91. The number of hydrogen-bond acceptors (Lipinski definition) is 3. The van der Waals surface area contributed by atoms with E-state index in [-0.39, 0.29) is 5.56 Å². The van der Waals surface area contributed by atoms with Gasteiger partial charge in [-0.15, -0.1) is 0 Å². The molecule has 1 fully saturated rings. The number of nitrogen functional groups attached to an aromatic ring is 1. The Kier molecular flexibility index (Phi) is 3.06. The Morgan fingerprint density at radius 3 is 2.87 bits per heavy atom. The Labute approximate surface area is 89.1 Å². The summed E-state index contributed by atoms with van der Waals surface area (Å²) in [7, 11) is 0. The lowest BCUT2D eigenvalue weighted by Gasteiger charge is -2.23. The number of nitrogens with two attached hydrogens (primary N) is 1. The zero-order valence-electron chi connectivity index (χ0n) is 8.78. The summed E-state index contributed by atoms with van der Waals surface area (Å²) in [6.07, 6.45) is 4.02. The highest BCUT2D eigenvalue weighted by Crippen LogP contribution is 2.13. The summed E-state index contributed by atoms with van der Waals surface area (Å²) < 4.78 is 1.73. The summed E-state index contributed by atoms with van der Waals surface area (Å²) in [5.41, 5.74) is 6.36. The van der Waals surface area contributed by atoms with E-state index in [1.165, 1.54) is 6.07 Å². The first kappa shape index (κ1) is 10.2. The van der Waals surface area contributed by atoms with E-state index in [2.05, 4.69) is 5.32 Å². The van der Waals surface area contributed by atoms with Gasteiger partial charge in [-0.2, -0.15) is 0 Å². The van der Waals surface area contributed by atoms with Crippen LogP contribution in [0.1, 0.15) is 12.8 Å². The molecule has 3 N–H and O–H groups in total. The van der Waals surface area contributed by atoms with E-state index in [9.17, 15) is 4.79 Å². The molecule has 0 amide bonds. The van der Waals surface area contributed by atoms with E-state index in [1.807, 2.05) is 0 Å². The van der Waals surface area contributed by atoms with Crippen LogP contribution in [-0.2, 0) is 6.54 Å².